The highest BCUT2D eigenvalue weighted by atomic mass is 79.9. The van der Waals surface area contributed by atoms with Gasteiger partial charge in [-0.2, -0.15) is 0 Å². The van der Waals surface area contributed by atoms with Crippen molar-refractivity contribution in [3.8, 4) is 0 Å². The molecule has 2 rings (SSSR count). The first-order chi connectivity index (χ1) is 7.75. The summed E-state index contributed by atoms with van der Waals surface area (Å²) in [5.41, 5.74) is 2.59. The molecular weight excluding hydrogens is 266 g/mol. The lowest BCUT2D eigenvalue weighted by atomic mass is 10.1. The third-order valence-corrected chi connectivity index (χ3v) is 3.15. The van der Waals surface area contributed by atoms with Crippen molar-refractivity contribution in [3.63, 3.8) is 0 Å². The normalized spacial score (nSPS) is 15.2. The van der Waals surface area contributed by atoms with Crippen LogP contribution >= 0.6 is 15.9 Å². The molecule has 0 spiro atoms. The fraction of sp³-hybridized carbons (Fsp3) is 0.417. The Bertz CT molecular complexity index is 401. The van der Waals surface area contributed by atoms with Gasteiger partial charge >= 0.3 is 0 Å². The van der Waals surface area contributed by atoms with E-state index in [9.17, 15) is 0 Å². The summed E-state index contributed by atoms with van der Waals surface area (Å²) in [6.07, 6.45) is 1.13. The number of guanidine groups is 1. The second-order valence-corrected chi connectivity index (χ2v) is 4.85. The van der Waals surface area contributed by atoms with Crippen molar-refractivity contribution >= 4 is 21.9 Å². The van der Waals surface area contributed by atoms with Gasteiger partial charge in [0.05, 0.1) is 0 Å². The Labute approximate surface area is 104 Å². The summed E-state index contributed by atoms with van der Waals surface area (Å²) in [7, 11) is 0. The summed E-state index contributed by atoms with van der Waals surface area (Å²) < 4.78 is 1.12. The number of nitrogens with one attached hydrogen (secondary N) is 2. The lowest BCUT2D eigenvalue weighted by molar-refractivity contribution is 0.701. The Morgan fingerprint density at radius 1 is 1.50 bits per heavy atom. The van der Waals surface area contributed by atoms with Crippen LogP contribution in [0.2, 0.25) is 0 Å². The molecule has 0 amide bonds. The zero-order valence-corrected chi connectivity index (χ0v) is 11.0. The van der Waals surface area contributed by atoms with E-state index < -0.39 is 0 Å². The molecule has 4 heteroatoms. The quantitative estimate of drug-likeness (QED) is 0.872. The average Bonchev–Trinajstić information content (AvgIpc) is 2.32. The number of halogens is 1. The second kappa shape index (κ2) is 5.34. The Kier molecular flexibility index (Phi) is 3.83. The van der Waals surface area contributed by atoms with Gasteiger partial charge in [-0.15, -0.1) is 0 Å². The Morgan fingerprint density at radius 2 is 2.38 bits per heavy atom. The van der Waals surface area contributed by atoms with E-state index in [1.165, 1.54) is 11.1 Å². The van der Waals surface area contributed by atoms with Crippen LogP contribution in [0.3, 0.4) is 0 Å². The van der Waals surface area contributed by atoms with Crippen LogP contribution in [-0.4, -0.2) is 19.0 Å². The molecule has 0 unspecified atom stereocenters. The molecule has 0 atom stereocenters. The van der Waals surface area contributed by atoms with Crippen molar-refractivity contribution in [2.45, 2.75) is 19.9 Å². The highest BCUT2D eigenvalue weighted by Gasteiger charge is 2.04. The van der Waals surface area contributed by atoms with Crippen LogP contribution in [0, 0.1) is 6.92 Å². The third-order valence-electron chi connectivity index (χ3n) is 2.65. The lowest BCUT2D eigenvalue weighted by Crippen LogP contribution is -2.40. The maximum absolute atomic E-state index is 4.38. The van der Waals surface area contributed by atoms with Gasteiger partial charge in [0.2, 0.25) is 0 Å². The molecule has 0 saturated carbocycles. The monoisotopic (exact) mass is 281 g/mol. The predicted octanol–water partition coefficient (Wildman–Crippen LogP) is 2.20. The van der Waals surface area contributed by atoms with Crippen molar-refractivity contribution in [3.05, 3.63) is 33.8 Å². The van der Waals surface area contributed by atoms with Crippen LogP contribution in [0.25, 0.3) is 0 Å². The Balaban J connectivity index is 1.98. The smallest absolute Gasteiger partial charge is 0.191 e. The minimum absolute atomic E-state index is 0.817. The van der Waals surface area contributed by atoms with Crippen molar-refractivity contribution in [2.75, 3.05) is 13.1 Å². The molecule has 0 radical (unpaired) electrons. The molecule has 0 bridgehead atoms. The SMILES string of the molecule is Cc1ccc(Br)cc1CNC1=NCCCN1. The highest BCUT2D eigenvalue weighted by molar-refractivity contribution is 9.10. The summed E-state index contributed by atoms with van der Waals surface area (Å²) in [6, 6.07) is 6.33. The van der Waals surface area contributed by atoms with Crippen molar-refractivity contribution < 1.29 is 0 Å². The van der Waals surface area contributed by atoms with Crippen LogP contribution < -0.4 is 10.6 Å². The Morgan fingerprint density at radius 3 is 3.12 bits per heavy atom. The predicted molar refractivity (Wildman–Crippen MR) is 70.6 cm³/mol. The molecule has 1 aromatic rings. The summed E-state index contributed by atoms with van der Waals surface area (Å²) in [5, 5.41) is 6.57. The van der Waals surface area contributed by atoms with E-state index in [1.807, 2.05) is 0 Å². The number of benzene rings is 1. The summed E-state index contributed by atoms with van der Waals surface area (Å²) in [4.78, 5) is 4.38. The fourth-order valence-corrected chi connectivity index (χ4v) is 2.07. The van der Waals surface area contributed by atoms with E-state index in [1.54, 1.807) is 0 Å². The number of aryl methyl sites for hydroxylation is 1. The first kappa shape index (κ1) is 11.5. The van der Waals surface area contributed by atoms with E-state index in [4.69, 9.17) is 0 Å². The second-order valence-electron chi connectivity index (χ2n) is 3.94. The van der Waals surface area contributed by atoms with Crippen LogP contribution in [0.4, 0.5) is 0 Å². The molecule has 1 aromatic carbocycles. The van der Waals surface area contributed by atoms with E-state index in [0.717, 1.165) is 36.5 Å². The number of hydrogen-bond donors (Lipinski definition) is 2. The standard InChI is InChI=1S/C12H16BrN3/c1-9-3-4-11(13)7-10(9)8-16-12-14-5-2-6-15-12/h3-4,7H,2,5-6,8H2,1H3,(H2,14,15,16). The van der Waals surface area contributed by atoms with Crippen LogP contribution in [0.1, 0.15) is 17.5 Å². The number of hydrogen-bond acceptors (Lipinski definition) is 3. The third kappa shape index (κ3) is 2.98. The summed E-state index contributed by atoms with van der Waals surface area (Å²) in [5.74, 6) is 0.922. The van der Waals surface area contributed by atoms with Gasteiger partial charge in [-0.05, 0) is 36.6 Å². The van der Waals surface area contributed by atoms with Crippen molar-refractivity contribution in [1.82, 2.24) is 10.6 Å². The molecule has 3 nitrogen and oxygen atoms in total. The molecule has 2 N–H and O–H groups in total. The highest BCUT2D eigenvalue weighted by Crippen LogP contribution is 2.15. The molecule has 0 aliphatic carbocycles. The largest absolute Gasteiger partial charge is 0.356 e. The van der Waals surface area contributed by atoms with Gasteiger partial charge in [0, 0.05) is 24.1 Å². The van der Waals surface area contributed by atoms with Gasteiger partial charge in [0.25, 0.3) is 0 Å². The van der Waals surface area contributed by atoms with Crippen LogP contribution in [0.5, 0.6) is 0 Å². The van der Waals surface area contributed by atoms with E-state index in [2.05, 4.69) is 56.7 Å². The Hall–Kier alpha value is -1.03. The van der Waals surface area contributed by atoms with E-state index >= 15 is 0 Å². The van der Waals surface area contributed by atoms with Gasteiger partial charge in [0.1, 0.15) is 0 Å². The van der Waals surface area contributed by atoms with Gasteiger partial charge in [-0.1, -0.05) is 22.0 Å². The molecule has 1 heterocycles. The first-order valence-corrected chi connectivity index (χ1v) is 6.32. The number of aliphatic imine (C=N–C) groups is 1. The van der Waals surface area contributed by atoms with Gasteiger partial charge < -0.3 is 10.6 Å². The van der Waals surface area contributed by atoms with Crippen molar-refractivity contribution in [1.29, 1.82) is 0 Å². The summed E-state index contributed by atoms with van der Waals surface area (Å²) >= 11 is 3.49. The molecule has 0 aromatic heterocycles. The van der Waals surface area contributed by atoms with Crippen LogP contribution in [-0.2, 0) is 6.54 Å². The fourth-order valence-electron chi connectivity index (χ4n) is 1.66. The van der Waals surface area contributed by atoms with E-state index in [0.29, 0.717) is 0 Å². The molecule has 0 fully saturated rings. The molecule has 86 valence electrons. The van der Waals surface area contributed by atoms with Crippen LogP contribution in [0.15, 0.2) is 27.7 Å². The maximum Gasteiger partial charge on any atom is 0.191 e. The molecule has 1 aliphatic heterocycles. The first-order valence-electron chi connectivity index (χ1n) is 5.53. The summed E-state index contributed by atoms with van der Waals surface area (Å²) in [6.45, 7) is 4.88. The number of rotatable bonds is 2. The molecule has 0 saturated heterocycles. The molecular formula is C12H16BrN3. The topological polar surface area (TPSA) is 36.4 Å². The maximum atomic E-state index is 4.38. The molecule has 1 aliphatic rings. The molecule has 16 heavy (non-hydrogen) atoms. The zero-order chi connectivity index (χ0) is 11.4. The average molecular weight is 282 g/mol. The lowest BCUT2D eigenvalue weighted by Gasteiger charge is -2.16. The van der Waals surface area contributed by atoms with Crippen molar-refractivity contribution in [2.24, 2.45) is 4.99 Å². The zero-order valence-electron chi connectivity index (χ0n) is 9.39. The van der Waals surface area contributed by atoms with E-state index in [-0.39, 0.29) is 0 Å². The van der Waals surface area contributed by atoms with Gasteiger partial charge in [0.15, 0.2) is 5.96 Å². The van der Waals surface area contributed by atoms with Gasteiger partial charge in [-0.3, -0.25) is 4.99 Å². The number of nitrogens with zero attached hydrogens (tertiary/aromatic N) is 1. The minimum Gasteiger partial charge on any atom is -0.356 e. The van der Waals surface area contributed by atoms with Gasteiger partial charge in [-0.25, -0.2) is 0 Å². The minimum atomic E-state index is 0.817.